The molecule has 6 atom stereocenters. The van der Waals surface area contributed by atoms with E-state index in [1.54, 1.807) is 6.07 Å². The Balaban J connectivity index is 1.95. The van der Waals surface area contributed by atoms with E-state index >= 15 is 8.78 Å². The van der Waals surface area contributed by atoms with Crippen LogP contribution in [-0.2, 0) is 15.1 Å². The number of rotatable bonds is 5. The van der Waals surface area contributed by atoms with Gasteiger partial charge in [0.2, 0.25) is 5.91 Å². The molecule has 1 unspecified atom stereocenters. The van der Waals surface area contributed by atoms with Crippen molar-refractivity contribution < 1.29 is 28.5 Å². The topological polar surface area (TPSA) is 117 Å². The van der Waals surface area contributed by atoms with Gasteiger partial charge in [0.1, 0.15) is 11.6 Å². The van der Waals surface area contributed by atoms with E-state index in [0.29, 0.717) is 12.8 Å². The number of aliphatic hydroxyl groups is 2. The van der Waals surface area contributed by atoms with E-state index in [4.69, 9.17) is 33.7 Å². The minimum atomic E-state index is -1.66. The van der Waals surface area contributed by atoms with Crippen LogP contribution in [0.2, 0.25) is 10.0 Å². The predicted molar refractivity (Wildman–Crippen MR) is 141 cm³/mol. The second-order valence-electron chi connectivity index (χ2n) is 10.3. The Morgan fingerprint density at radius 1 is 1.21 bits per heavy atom. The third-order valence-electron chi connectivity index (χ3n) is 8.12. The van der Waals surface area contributed by atoms with Crippen molar-refractivity contribution in [1.82, 2.24) is 10.6 Å². The van der Waals surface area contributed by atoms with Gasteiger partial charge in [-0.25, -0.2) is 8.78 Å². The Bertz CT molecular complexity index is 1170. The highest BCUT2D eigenvalue weighted by Crippen LogP contribution is 2.50. The van der Waals surface area contributed by atoms with Gasteiger partial charge in [-0.2, -0.15) is 0 Å². The zero-order valence-corrected chi connectivity index (χ0v) is 22.5. The van der Waals surface area contributed by atoms with Crippen molar-refractivity contribution in [3.8, 4) is 0 Å². The van der Waals surface area contributed by atoms with Gasteiger partial charge < -0.3 is 31.3 Å². The molecule has 208 valence electrons. The molecule has 0 saturated carbocycles. The lowest BCUT2D eigenvalue weighted by molar-refractivity contribution is -0.123. The van der Waals surface area contributed by atoms with E-state index in [-0.39, 0.29) is 54.0 Å². The number of amides is 1. The molecule has 11 heteroatoms. The average Bonchev–Trinajstić information content (AvgIpc) is 3.18. The number of fused-ring (bicyclic) bond motifs is 2. The maximum atomic E-state index is 15.6. The normalized spacial score (nSPS) is 32.4. The lowest BCUT2D eigenvalue weighted by Gasteiger charge is -2.42. The monoisotopic (exact) mass is 571 g/mol. The Kier molecular flexibility index (Phi) is 8.98. The smallest absolute Gasteiger partial charge is 0.237 e. The highest BCUT2D eigenvalue weighted by molar-refractivity contribution is 6.31. The van der Waals surface area contributed by atoms with E-state index in [0.717, 1.165) is 6.07 Å². The third kappa shape index (κ3) is 5.30. The van der Waals surface area contributed by atoms with E-state index in [9.17, 15) is 15.0 Å². The summed E-state index contributed by atoms with van der Waals surface area (Å²) in [6.07, 6.45) is 0.389. The number of nitrogens with one attached hydrogen (secondary N) is 2. The largest absolute Gasteiger partial charge is 0.396 e. The van der Waals surface area contributed by atoms with Crippen LogP contribution in [0.5, 0.6) is 0 Å². The van der Waals surface area contributed by atoms with Crippen LogP contribution in [0, 0.1) is 17.0 Å². The Hall–Kier alpha value is -1.85. The fraction of sp³-hybridized carbons (Fsp3) is 0.519. The molecule has 2 saturated heterocycles. The highest BCUT2D eigenvalue weighted by atomic mass is 35.5. The van der Waals surface area contributed by atoms with E-state index in [1.165, 1.54) is 24.3 Å². The number of nitrogens with two attached hydrogens (primary N) is 1. The number of aliphatic hydroxyl groups excluding tert-OH is 2. The number of hydrogen-bond acceptors (Lipinski definition) is 6. The molecular formula is C27H33Cl2F2N3O4. The van der Waals surface area contributed by atoms with Gasteiger partial charge in [-0.1, -0.05) is 48.3 Å². The molecule has 2 aromatic carbocycles. The Morgan fingerprint density at radius 2 is 1.97 bits per heavy atom. The molecular weight excluding hydrogens is 539 g/mol. The summed E-state index contributed by atoms with van der Waals surface area (Å²) in [7, 11) is 0. The van der Waals surface area contributed by atoms with Crippen LogP contribution in [-0.4, -0.2) is 60.7 Å². The lowest BCUT2D eigenvalue weighted by Crippen LogP contribution is -2.54. The van der Waals surface area contributed by atoms with Crippen molar-refractivity contribution in [2.45, 2.75) is 55.8 Å². The molecule has 2 fully saturated rings. The summed E-state index contributed by atoms with van der Waals surface area (Å²) in [5, 5.41) is 26.4. The van der Waals surface area contributed by atoms with Gasteiger partial charge in [-0.15, -0.1) is 0 Å². The predicted octanol–water partition coefficient (Wildman–Crippen LogP) is 3.23. The summed E-state index contributed by atoms with van der Waals surface area (Å²) in [5.41, 5.74) is 4.78. The minimum Gasteiger partial charge on any atom is -0.396 e. The fourth-order valence-electron chi connectivity index (χ4n) is 5.74. The third-order valence-corrected chi connectivity index (χ3v) is 8.65. The molecule has 2 aliphatic rings. The van der Waals surface area contributed by atoms with Crippen molar-refractivity contribution >= 4 is 29.1 Å². The number of halogens is 4. The van der Waals surface area contributed by atoms with Gasteiger partial charge in [0.05, 0.1) is 42.5 Å². The van der Waals surface area contributed by atoms with Crippen molar-refractivity contribution in [2.75, 3.05) is 26.4 Å². The highest BCUT2D eigenvalue weighted by Gasteiger charge is 2.59. The van der Waals surface area contributed by atoms with Crippen LogP contribution < -0.4 is 16.4 Å². The van der Waals surface area contributed by atoms with Crippen LogP contribution in [0.25, 0.3) is 0 Å². The number of benzene rings is 2. The molecule has 2 bridgehead atoms. The van der Waals surface area contributed by atoms with Crippen LogP contribution in [0.4, 0.5) is 8.78 Å². The molecule has 1 amide bonds. The summed E-state index contributed by atoms with van der Waals surface area (Å²) in [4.78, 5) is 13.6. The van der Waals surface area contributed by atoms with E-state index in [2.05, 4.69) is 10.6 Å². The van der Waals surface area contributed by atoms with Crippen molar-refractivity contribution in [3.05, 3.63) is 69.2 Å². The zero-order valence-electron chi connectivity index (χ0n) is 21.0. The summed E-state index contributed by atoms with van der Waals surface area (Å²) in [6.45, 7) is 1.60. The van der Waals surface area contributed by atoms with Gasteiger partial charge >= 0.3 is 0 Å². The van der Waals surface area contributed by atoms with Crippen LogP contribution in [0.1, 0.15) is 43.2 Å². The minimum absolute atomic E-state index is 0.0473. The van der Waals surface area contributed by atoms with Crippen molar-refractivity contribution in [1.29, 1.82) is 0 Å². The van der Waals surface area contributed by atoms with E-state index < -0.39 is 52.6 Å². The van der Waals surface area contributed by atoms with Gasteiger partial charge in [-0.3, -0.25) is 4.79 Å². The van der Waals surface area contributed by atoms with Gasteiger partial charge in [0.25, 0.3) is 0 Å². The molecule has 2 aliphatic heterocycles. The van der Waals surface area contributed by atoms with Crippen LogP contribution >= 0.6 is 23.2 Å². The first-order valence-corrected chi connectivity index (χ1v) is 13.4. The fourth-order valence-corrected chi connectivity index (χ4v) is 6.08. The standard InChI is InChI=1S/C27H33Cl2F2N3O4/c1-2-26(13-36)11-21-27(32,18-7-6-15(28)10-20(18)30)22(17-4-3-5-19(29)23(17)31)24(34-21)25(37)33-9-8-16(12-35)38-14-26/h3-7,10,16,21-22,24,34-36H,2,8-9,11-14,32H2,1H3,(H,33,37)/t16-,21-,22-,24+,26?,27+/m0/s1. The molecule has 2 aromatic rings. The molecule has 0 radical (unpaired) electrons. The summed E-state index contributed by atoms with van der Waals surface area (Å²) < 4.78 is 37.2. The molecule has 38 heavy (non-hydrogen) atoms. The first-order valence-electron chi connectivity index (χ1n) is 12.7. The molecule has 2 heterocycles. The Labute approximate surface area is 230 Å². The molecule has 4 rings (SSSR count). The molecule has 0 spiro atoms. The molecule has 7 nitrogen and oxygen atoms in total. The summed E-state index contributed by atoms with van der Waals surface area (Å²) >= 11 is 12.2. The first kappa shape index (κ1) is 29.1. The first-order chi connectivity index (χ1) is 18.1. The van der Waals surface area contributed by atoms with Gasteiger partial charge in [0.15, 0.2) is 0 Å². The number of carbonyl (C=O) groups excluding carboxylic acids is 1. The van der Waals surface area contributed by atoms with Gasteiger partial charge in [-0.05, 0) is 43.0 Å². The number of hydrogen-bond donors (Lipinski definition) is 5. The van der Waals surface area contributed by atoms with Crippen LogP contribution in [0.3, 0.4) is 0 Å². The average molecular weight is 572 g/mol. The SMILES string of the molecule is CCC1(CO)CO[C@H](CO)CCNC(=O)[C@@H]2N[C@@H](C1)[C@](N)(c1ccc(Cl)cc1F)[C@H]2c1cccc(Cl)c1F. The second kappa shape index (κ2) is 11.7. The van der Waals surface area contributed by atoms with Crippen LogP contribution in [0.15, 0.2) is 36.4 Å². The van der Waals surface area contributed by atoms with Crippen molar-refractivity contribution in [2.24, 2.45) is 11.1 Å². The quantitative estimate of drug-likeness (QED) is 0.376. The summed E-state index contributed by atoms with van der Waals surface area (Å²) in [5.74, 6) is -3.00. The number of carbonyl (C=O) groups is 1. The molecule has 6 N–H and O–H groups in total. The van der Waals surface area contributed by atoms with Crippen molar-refractivity contribution in [3.63, 3.8) is 0 Å². The number of ether oxygens (including phenoxy) is 1. The van der Waals surface area contributed by atoms with E-state index in [1.807, 2.05) is 6.92 Å². The maximum Gasteiger partial charge on any atom is 0.237 e. The van der Waals surface area contributed by atoms with Gasteiger partial charge in [0, 0.05) is 34.5 Å². The zero-order chi connectivity index (χ0) is 27.7. The molecule has 0 aromatic heterocycles. The Morgan fingerprint density at radius 3 is 2.63 bits per heavy atom. The second-order valence-corrected chi connectivity index (χ2v) is 11.1. The lowest BCUT2D eigenvalue weighted by atomic mass is 9.67. The summed E-state index contributed by atoms with van der Waals surface area (Å²) in [6, 6.07) is 6.64. The maximum absolute atomic E-state index is 15.6. The molecule has 0 aliphatic carbocycles.